The van der Waals surface area contributed by atoms with E-state index in [1.807, 2.05) is 4.90 Å². The number of para-hydroxylation sites is 1. The van der Waals surface area contributed by atoms with E-state index in [4.69, 9.17) is 4.98 Å². The van der Waals surface area contributed by atoms with Gasteiger partial charge in [0.15, 0.2) is 5.16 Å². The van der Waals surface area contributed by atoms with Gasteiger partial charge in [0, 0.05) is 18.0 Å². The zero-order valence-electron chi connectivity index (χ0n) is 16.5. The molecule has 1 aliphatic heterocycles. The number of aromatic nitrogens is 2. The maximum atomic E-state index is 14.7. The Bertz CT molecular complexity index is 1180. The highest BCUT2D eigenvalue weighted by Gasteiger charge is 2.25. The number of nitrogens with zero attached hydrogens (tertiary/aromatic N) is 3. The van der Waals surface area contributed by atoms with Gasteiger partial charge in [-0.15, -0.1) is 11.3 Å². The quantitative estimate of drug-likeness (QED) is 0.448. The minimum atomic E-state index is -0.474. The van der Waals surface area contributed by atoms with Gasteiger partial charge in [-0.05, 0) is 56.2 Å². The molecule has 3 aromatic rings. The summed E-state index contributed by atoms with van der Waals surface area (Å²) < 4.78 is 16.0. The van der Waals surface area contributed by atoms with Crippen molar-refractivity contribution in [2.45, 2.75) is 43.7 Å². The average Bonchev–Trinajstić information content (AvgIpc) is 3.41. The number of thioether (sulfide) groups is 1. The summed E-state index contributed by atoms with van der Waals surface area (Å²) in [5.74, 6) is -0.243. The number of likely N-dealkylation sites (tertiary alicyclic amines) is 1. The molecule has 0 spiro atoms. The number of carbonyl (C=O) groups excluding carboxylic acids is 1. The first-order valence-electron chi connectivity index (χ1n) is 10.4. The molecular formula is C22H22FN3O2S2. The molecule has 0 bridgehead atoms. The summed E-state index contributed by atoms with van der Waals surface area (Å²) in [4.78, 5) is 34.7. The molecule has 2 aromatic heterocycles. The van der Waals surface area contributed by atoms with Crippen LogP contribution in [-0.4, -0.2) is 39.2 Å². The molecule has 5 nitrogen and oxygen atoms in total. The molecule has 1 aromatic carbocycles. The van der Waals surface area contributed by atoms with Gasteiger partial charge in [0.25, 0.3) is 5.56 Å². The average molecular weight is 444 g/mol. The van der Waals surface area contributed by atoms with Gasteiger partial charge in [0.05, 0.1) is 16.8 Å². The van der Waals surface area contributed by atoms with Crippen molar-refractivity contribution in [1.29, 1.82) is 0 Å². The molecule has 1 aliphatic carbocycles. The van der Waals surface area contributed by atoms with Gasteiger partial charge in [-0.1, -0.05) is 23.9 Å². The van der Waals surface area contributed by atoms with Crippen molar-refractivity contribution >= 4 is 39.2 Å². The van der Waals surface area contributed by atoms with E-state index in [0.717, 1.165) is 57.2 Å². The number of hydrogen-bond acceptors (Lipinski definition) is 5. The van der Waals surface area contributed by atoms with E-state index >= 15 is 0 Å². The molecule has 0 saturated carbocycles. The lowest BCUT2D eigenvalue weighted by atomic mass is 9.97. The van der Waals surface area contributed by atoms with Gasteiger partial charge in [0.2, 0.25) is 5.91 Å². The second kappa shape index (κ2) is 8.15. The van der Waals surface area contributed by atoms with Crippen LogP contribution < -0.4 is 5.56 Å². The Hall–Kier alpha value is -2.19. The molecule has 0 unspecified atom stereocenters. The van der Waals surface area contributed by atoms with Crippen LogP contribution in [0.1, 0.15) is 36.1 Å². The lowest BCUT2D eigenvalue weighted by molar-refractivity contribution is -0.127. The standard InChI is InChI=1S/C22H22FN3O2S2/c23-15-8-2-3-9-16(15)26-21(28)19-14-7-1-4-10-17(14)30-20(19)24-22(26)29-13-18(27)25-11-5-6-12-25/h2-3,8-9H,1,4-7,10-13H2. The number of aryl methyl sites for hydroxylation is 2. The summed E-state index contributed by atoms with van der Waals surface area (Å²) in [6.07, 6.45) is 6.06. The highest BCUT2D eigenvalue weighted by molar-refractivity contribution is 7.99. The van der Waals surface area contributed by atoms with E-state index in [0.29, 0.717) is 15.4 Å². The van der Waals surface area contributed by atoms with Crippen molar-refractivity contribution in [2.24, 2.45) is 0 Å². The molecule has 5 rings (SSSR count). The van der Waals surface area contributed by atoms with E-state index in [9.17, 15) is 14.0 Å². The normalized spacial score (nSPS) is 16.2. The van der Waals surface area contributed by atoms with Crippen molar-refractivity contribution in [3.05, 3.63) is 50.9 Å². The Balaban J connectivity index is 1.62. The van der Waals surface area contributed by atoms with E-state index in [1.165, 1.54) is 27.3 Å². The topological polar surface area (TPSA) is 55.2 Å². The van der Waals surface area contributed by atoms with Crippen LogP contribution in [0.5, 0.6) is 0 Å². The number of fused-ring (bicyclic) bond motifs is 3. The molecule has 1 amide bonds. The molecular weight excluding hydrogens is 421 g/mol. The molecule has 2 aliphatic rings. The van der Waals surface area contributed by atoms with Gasteiger partial charge in [0.1, 0.15) is 10.6 Å². The summed E-state index contributed by atoms with van der Waals surface area (Å²) in [7, 11) is 0. The third kappa shape index (κ3) is 3.46. The predicted molar refractivity (Wildman–Crippen MR) is 118 cm³/mol. The van der Waals surface area contributed by atoms with Gasteiger partial charge < -0.3 is 4.90 Å². The number of hydrogen-bond donors (Lipinski definition) is 0. The van der Waals surface area contributed by atoms with Crippen LogP contribution in [0.4, 0.5) is 4.39 Å². The summed E-state index contributed by atoms with van der Waals surface area (Å²) in [6, 6.07) is 6.25. The molecule has 156 valence electrons. The Morgan fingerprint density at radius 1 is 1.13 bits per heavy atom. The van der Waals surface area contributed by atoms with Crippen LogP contribution in [0, 0.1) is 5.82 Å². The number of rotatable bonds is 4. The Kier molecular flexibility index (Phi) is 5.37. The number of benzene rings is 1. The lowest BCUT2D eigenvalue weighted by Crippen LogP contribution is -2.30. The third-order valence-electron chi connectivity index (χ3n) is 5.84. The van der Waals surface area contributed by atoms with Gasteiger partial charge >= 0.3 is 0 Å². The summed E-state index contributed by atoms with van der Waals surface area (Å²) >= 11 is 2.79. The monoisotopic (exact) mass is 443 g/mol. The van der Waals surface area contributed by atoms with E-state index in [-0.39, 0.29) is 22.9 Å². The van der Waals surface area contributed by atoms with E-state index < -0.39 is 5.82 Å². The van der Waals surface area contributed by atoms with Crippen LogP contribution in [0.25, 0.3) is 15.9 Å². The number of thiophene rings is 1. The molecule has 30 heavy (non-hydrogen) atoms. The zero-order chi connectivity index (χ0) is 20.7. The molecule has 8 heteroatoms. The number of halogens is 1. The van der Waals surface area contributed by atoms with Gasteiger partial charge in [-0.2, -0.15) is 0 Å². The summed E-state index contributed by atoms with van der Waals surface area (Å²) in [5, 5.41) is 0.997. The highest BCUT2D eigenvalue weighted by atomic mass is 32.2. The van der Waals surface area contributed by atoms with E-state index in [1.54, 1.807) is 29.5 Å². The second-order valence-electron chi connectivity index (χ2n) is 7.75. The maximum Gasteiger partial charge on any atom is 0.267 e. The number of carbonyl (C=O) groups is 1. The van der Waals surface area contributed by atoms with Crippen LogP contribution in [0.3, 0.4) is 0 Å². The van der Waals surface area contributed by atoms with Crippen LogP contribution in [0.15, 0.2) is 34.2 Å². The molecule has 0 atom stereocenters. The largest absolute Gasteiger partial charge is 0.342 e. The molecule has 0 radical (unpaired) electrons. The third-order valence-corrected chi connectivity index (χ3v) is 7.94. The predicted octanol–water partition coefficient (Wildman–Crippen LogP) is 4.18. The van der Waals surface area contributed by atoms with Crippen molar-refractivity contribution in [1.82, 2.24) is 14.5 Å². The first-order valence-corrected chi connectivity index (χ1v) is 12.2. The Labute approximate surface area is 181 Å². The lowest BCUT2D eigenvalue weighted by Gasteiger charge is -2.16. The van der Waals surface area contributed by atoms with E-state index in [2.05, 4.69) is 0 Å². The van der Waals surface area contributed by atoms with Crippen molar-refractivity contribution in [3.8, 4) is 5.69 Å². The van der Waals surface area contributed by atoms with Crippen LogP contribution in [-0.2, 0) is 17.6 Å². The van der Waals surface area contributed by atoms with Crippen molar-refractivity contribution in [2.75, 3.05) is 18.8 Å². The summed E-state index contributed by atoms with van der Waals surface area (Å²) in [5.41, 5.74) is 1.03. The maximum absolute atomic E-state index is 14.7. The molecule has 1 fully saturated rings. The second-order valence-corrected chi connectivity index (χ2v) is 9.78. The summed E-state index contributed by atoms with van der Waals surface area (Å²) in [6.45, 7) is 1.56. The number of amides is 1. The van der Waals surface area contributed by atoms with Gasteiger partial charge in [-0.3, -0.25) is 14.2 Å². The fourth-order valence-corrected chi connectivity index (χ4v) is 6.52. The SMILES string of the molecule is O=C(CSc1nc2sc3c(c2c(=O)n1-c1ccccc1F)CCCC3)N1CCCC1. The van der Waals surface area contributed by atoms with Crippen LogP contribution >= 0.6 is 23.1 Å². The molecule has 0 N–H and O–H groups in total. The first kappa shape index (κ1) is 19.8. The molecule has 3 heterocycles. The molecule has 1 saturated heterocycles. The highest BCUT2D eigenvalue weighted by Crippen LogP contribution is 2.35. The minimum Gasteiger partial charge on any atom is -0.342 e. The fourth-order valence-electron chi connectivity index (χ4n) is 4.31. The first-order chi connectivity index (χ1) is 14.6. The Morgan fingerprint density at radius 2 is 1.90 bits per heavy atom. The fraction of sp³-hybridized carbons (Fsp3) is 0.409. The van der Waals surface area contributed by atoms with Crippen molar-refractivity contribution in [3.63, 3.8) is 0 Å². The Morgan fingerprint density at radius 3 is 2.70 bits per heavy atom. The minimum absolute atomic E-state index is 0.0393. The van der Waals surface area contributed by atoms with Gasteiger partial charge in [-0.25, -0.2) is 9.37 Å². The zero-order valence-corrected chi connectivity index (χ0v) is 18.2. The van der Waals surface area contributed by atoms with Crippen LogP contribution in [0.2, 0.25) is 0 Å². The van der Waals surface area contributed by atoms with Crippen molar-refractivity contribution < 1.29 is 9.18 Å². The smallest absolute Gasteiger partial charge is 0.267 e.